The van der Waals surface area contributed by atoms with Gasteiger partial charge >= 0.3 is 0 Å². The molecular weight excluding hydrogens is 432 g/mol. The molecule has 1 unspecified atom stereocenters. The van der Waals surface area contributed by atoms with Gasteiger partial charge < -0.3 is 9.64 Å². The smallest absolute Gasteiger partial charge is 0.255 e. The first kappa shape index (κ1) is 22.5. The van der Waals surface area contributed by atoms with E-state index in [1.165, 1.54) is 11.1 Å². The van der Waals surface area contributed by atoms with Crippen molar-refractivity contribution in [1.29, 1.82) is 0 Å². The van der Waals surface area contributed by atoms with Crippen LogP contribution in [-0.4, -0.2) is 58.2 Å². The van der Waals surface area contributed by atoms with Gasteiger partial charge in [-0.2, -0.15) is 0 Å². The fraction of sp³-hybridized carbons (Fsp3) is 0.462. The van der Waals surface area contributed by atoms with Crippen molar-refractivity contribution in [2.75, 3.05) is 19.7 Å². The fourth-order valence-corrected chi connectivity index (χ4v) is 5.27. The van der Waals surface area contributed by atoms with E-state index >= 15 is 0 Å². The molecule has 5 rings (SSSR count). The number of ether oxygens (including phenoxy) is 1. The van der Waals surface area contributed by atoms with Gasteiger partial charge in [-0.1, -0.05) is 18.2 Å². The summed E-state index contributed by atoms with van der Waals surface area (Å²) in [5.41, 5.74) is 4.11. The maximum Gasteiger partial charge on any atom is 0.255 e. The lowest BCUT2D eigenvalue weighted by atomic mass is 9.88. The van der Waals surface area contributed by atoms with Crippen LogP contribution in [0.15, 0.2) is 36.5 Å². The molecule has 3 amide bonds. The number of aromatic nitrogens is 1. The van der Waals surface area contributed by atoms with E-state index in [9.17, 15) is 14.4 Å². The molecule has 1 atom stereocenters. The summed E-state index contributed by atoms with van der Waals surface area (Å²) in [5, 5.41) is 2.36. The number of pyridine rings is 1. The Morgan fingerprint density at radius 1 is 1.09 bits per heavy atom. The lowest BCUT2D eigenvalue weighted by Gasteiger charge is -2.32. The van der Waals surface area contributed by atoms with E-state index in [-0.39, 0.29) is 24.1 Å². The molecule has 0 spiro atoms. The van der Waals surface area contributed by atoms with Crippen LogP contribution in [0.1, 0.15) is 65.6 Å². The lowest BCUT2D eigenvalue weighted by Crippen LogP contribution is -2.52. The number of hydrogen-bond acceptors (Lipinski definition) is 6. The van der Waals surface area contributed by atoms with Gasteiger partial charge in [0.05, 0.1) is 6.61 Å². The fourth-order valence-electron chi connectivity index (χ4n) is 5.27. The number of nitrogens with zero attached hydrogens (tertiary/aromatic N) is 3. The summed E-state index contributed by atoms with van der Waals surface area (Å²) < 4.78 is 5.42. The molecule has 1 aromatic heterocycles. The second-order valence-electron chi connectivity index (χ2n) is 9.30. The number of carbonyl (C=O) groups is 3. The molecule has 3 aliphatic heterocycles. The molecular formula is C26H30N4O4. The second-order valence-corrected chi connectivity index (χ2v) is 9.30. The molecule has 4 heterocycles. The van der Waals surface area contributed by atoms with Crippen molar-refractivity contribution < 1.29 is 19.1 Å². The SMILES string of the molecule is CCOc1ccc(CN2CCC(c3ccc4c(c3)CN(C3CCC(=O)NC3=O)C4=O)CC2)cn1. The van der Waals surface area contributed by atoms with Crippen molar-refractivity contribution in [2.24, 2.45) is 0 Å². The molecule has 0 aliphatic carbocycles. The summed E-state index contributed by atoms with van der Waals surface area (Å²) in [6.45, 7) is 5.90. The van der Waals surface area contributed by atoms with Crippen LogP contribution in [0.3, 0.4) is 0 Å². The van der Waals surface area contributed by atoms with E-state index in [1.807, 2.05) is 25.3 Å². The molecule has 2 fully saturated rings. The lowest BCUT2D eigenvalue weighted by molar-refractivity contribution is -0.136. The van der Waals surface area contributed by atoms with E-state index in [0.717, 1.165) is 38.0 Å². The Bertz CT molecular complexity index is 1090. The largest absolute Gasteiger partial charge is 0.478 e. The molecule has 178 valence electrons. The van der Waals surface area contributed by atoms with E-state index in [1.54, 1.807) is 4.90 Å². The summed E-state index contributed by atoms with van der Waals surface area (Å²) in [6.07, 6.45) is 4.68. The number of carbonyl (C=O) groups excluding carboxylic acids is 3. The highest BCUT2D eigenvalue weighted by atomic mass is 16.5. The third kappa shape index (κ3) is 4.55. The Hall–Kier alpha value is -3.26. The summed E-state index contributed by atoms with van der Waals surface area (Å²) >= 11 is 0. The van der Waals surface area contributed by atoms with Gasteiger partial charge in [-0.15, -0.1) is 0 Å². The zero-order valence-corrected chi connectivity index (χ0v) is 19.5. The van der Waals surface area contributed by atoms with Crippen molar-refractivity contribution in [3.05, 3.63) is 58.8 Å². The minimum atomic E-state index is -0.568. The number of imide groups is 1. The van der Waals surface area contributed by atoms with Gasteiger partial charge in [0.2, 0.25) is 17.7 Å². The van der Waals surface area contributed by atoms with Gasteiger partial charge in [-0.25, -0.2) is 4.98 Å². The number of fused-ring (bicyclic) bond motifs is 1. The van der Waals surface area contributed by atoms with Crippen molar-refractivity contribution in [3.8, 4) is 5.88 Å². The first-order chi connectivity index (χ1) is 16.5. The molecule has 0 radical (unpaired) electrons. The Labute approximate surface area is 199 Å². The van der Waals surface area contributed by atoms with Crippen LogP contribution < -0.4 is 10.1 Å². The maximum atomic E-state index is 12.9. The molecule has 2 saturated heterocycles. The molecule has 1 aromatic carbocycles. The van der Waals surface area contributed by atoms with E-state index in [2.05, 4.69) is 33.4 Å². The molecule has 1 N–H and O–H groups in total. The monoisotopic (exact) mass is 462 g/mol. The number of likely N-dealkylation sites (tertiary alicyclic amines) is 1. The topological polar surface area (TPSA) is 91.8 Å². The molecule has 2 aromatic rings. The van der Waals surface area contributed by atoms with Crippen LogP contribution in [0.25, 0.3) is 0 Å². The molecule has 8 heteroatoms. The highest BCUT2D eigenvalue weighted by Gasteiger charge is 2.39. The van der Waals surface area contributed by atoms with Crippen LogP contribution in [0.4, 0.5) is 0 Å². The minimum Gasteiger partial charge on any atom is -0.478 e. The summed E-state index contributed by atoms with van der Waals surface area (Å²) in [4.78, 5) is 45.1. The molecule has 8 nitrogen and oxygen atoms in total. The average Bonchev–Trinajstić information content (AvgIpc) is 3.16. The number of amides is 3. The first-order valence-corrected chi connectivity index (χ1v) is 12.1. The van der Waals surface area contributed by atoms with Crippen molar-refractivity contribution in [2.45, 2.75) is 57.7 Å². The molecule has 34 heavy (non-hydrogen) atoms. The quantitative estimate of drug-likeness (QED) is 0.664. The van der Waals surface area contributed by atoms with Gasteiger partial charge in [0.1, 0.15) is 6.04 Å². The van der Waals surface area contributed by atoms with Crippen LogP contribution in [0, 0.1) is 0 Å². The van der Waals surface area contributed by atoms with Crippen molar-refractivity contribution >= 4 is 17.7 Å². The molecule has 0 saturated carbocycles. The number of nitrogens with one attached hydrogen (secondary N) is 1. The summed E-state index contributed by atoms with van der Waals surface area (Å²) in [6, 6.07) is 9.57. The Balaban J connectivity index is 1.19. The molecule has 3 aliphatic rings. The predicted octanol–water partition coefficient (Wildman–Crippen LogP) is 2.62. The summed E-state index contributed by atoms with van der Waals surface area (Å²) in [5.74, 6) is 0.372. The number of piperidine rings is 2. The normalized spacial score (nSPS) is 21.5. The third-order valence-electron chi connectivity index (χ3n) is 7.10. The average molecular weight is 463 g/mol. The van der Waals surface area contributed by atoms with Crippen LogP contribution in [0.5, 0.6) is 5.88 Å². The van der Waals surface area contributed by atoms with Gasteiger partial charge in [-0.05, 0) is 68.0 Å². The van der Waals surface area contributed by atoms with Crippen LogP contribution in [0.2, 0.25) is 0 Å². The van der Waals surface area contributed by atoms with E-state index in [4.69, 9.17) is 4.74 Å². The predicted molar refractivity (Wildman–Crippen MR) is 125 cm³/mol. The zero-order chi connectivity index (χ0) is 23.7. The van der Waals surface area contributed by atoms with E-state index in [0.29, 0.717) is 36.9 Å². The first-order valence-electron chi connectivity index (χ1n) is 12.1. The van der Waals surface area contributed by atoms with Crippen LogP contribution in [-0.2, 0) is 22.7 Å². The summed E-state index contributed by atoms with van der Waals surface area (Å²) in [7, 11) is 0. The number of benzene rings is 1. The van der Waals surface area contributed by atoms with E-state index < -0.39 is 6.04 Å². The second kappa shape index (κ2) is 9.54. The Kier molecular flexibility index (Phi) is 6.32. The van der Waals surface area contributed by atoms with Crippen molar-refractivity contribution in [1.82, 2.24) is 20.1 Å². The maximum absolute atomic E-state index is 12.9. The van der Waals surface area contributed by atoms with Crippen LogP contribution >= 0.6 is 0 Å². The van der Waals surface area contributed by atoms with Gasteiger partial charge in [0.15, 0.2) is 0 Å². The van der Waals surface area contributed by atoms with Crippen molar-refractivity contribution in [3.63, 3.8) is 0 Å². The molecule has 0 bridgehead atoms. The third-order valence-corrected chi connectivity index (χ3v) is 7.10. The Morgan fingerprint density at radius 2 is 1.91 bits per heavy atom. The highest BCUT2D eigenvalue weighted by molar-refractivity contribution is 6.05. The number of hydrogen-bond donors (Lipinski definition) is 1. The van der Waals surface area contributed by atoms with Gasteiger partial charge in [-0.3, -0.25) is 24.6 Å². The zero-order valence-electron chi connectivity index (χ0n) is 19.5. The highest BCUT2D eigenvalue weighted by Crippen LogP contribution is 2.34. The standard InChI is InChI=1S/C26H30N4O4/c1-2-34-24-8-3-17(14-27-24)15-29-11-9-18(10-12-29)19-4-5-21-20(13-19)16-30(26(21)33)22-6-7-23(31)28-25(22)32/h3-5,8,13-14,18,22H,2,6-7,9-12,15-16H2,1H3,(H,28,31,32). The van der Waals surface area contributed by atoms with Gasteiger partial charge in [0, 0.05) is 37.3 Å². The van der Waals surface area contributed by atoms with Gasteiger partial charge in [0.25, 0.3) is 5.91 Å². The minimum absolute atomic E-state index is 0.116. The Morgan fingerprint density at radius 3 is 2.62 bits per heavy atom. The number of rotatable bonds is 6.